The van der Waals surface area contributed by atoms with E-state index in [9.17, 15) is 18.0 Å². The van der Waals surface area contributed by atoms with Crippen LogP contribution in [0.3, 0.4) is 0 Å². The molecule has 3 aromatic carbocycles. The molecular weight excluding hydrogens is 470 g/mol. The smallest absolute Gasteiger partial charge is 0.347 e. The van der Waals surface area contributed by atoms with Crippen LogP contribution < -0.4 is 10.3 Å². The number of fused-ring (bicyclic) bond motifs is 1. The molecule has 0 aliphatic heterocycles. The maximum atomic E-state index is 12.9. The average Bonchev–Trinajstić information content (AvgIpc) is 2.73. The predicted octanol–water partition coefficient (Wildman–Crippen LogP) is 4.59. The van der Waals surface area contributed by atoms with Gasteiger partial charge in [-0.05, 0) is 48.5 Å². The van der Waals surface area contributed by atoms with Gasteiger partial charge >= 0.3 is 5.63 Å². The molecule has 4 aromatic rings. The summed E-state index contributed by atoms with van der Waals surface area (Å²) in [7, 11) is -3.84. The summed E-state index contributed by atoms with van der Waals surface area (Å²) >= 11 is 3.26. The van der Waals surface area contributed by atoms with Crippen molar-refractivity contribution in [2.75, 3.05) is 4.72 Å². The lowest BCUT2D eigenvalue weighted by Gasteiger charge is -2.09. The van der Waals surface area contributed by atoms with Gasteiger partial charge in [0, 0.05) is 21.1 Å². The number of nitrogens with one attached hydrogen (secondary N) is 1. The Hall–Kier alpha value is -3.23. The van der Waals surface area contributed by atoms with Crippen LogP contribution in [0.1, 0.15) is 15.9 Å². The molecular formula is C22H14BrNO5S. The summed E-state index contributed by atoms with van der Waals surface area (Å²) in [5.41, 5.74) is -0.126. The standard InChI is InChI=1S/C22H14BrNO5S/c23-16-8-10-18(11-9-16)30(27,28)24-17-6-3-5-15(12-17)21(25)19-13-14-4-1-2-7-20(14)29-22(19)26/h1-13,24H. The summed E-state index contributed by atoms with van der Waals surface area (Å²) in [4.78, 5) is 25.2. The highest BCUT2D eigenvalue weighted by molar-refractivity contribution is 9.10. The highest BCUT2D eigenvalue weighted by Crippen LogP contribution is 2.21. The van der Waals surface area contributed by atoms with Crippen molar-refractivity contribution in [3.63, 3.8) is 0 Å². The number of sulfonamides is 1. The van der Waals surface area contributed by atoms with Crippen molar-refractivity contribution >= 4 is 48.4 Å². The van der Waals surface area contributed by atoms with E-state index in [0.717, 1.165) is 4.47 Å². The van der Waals surface area contributed by atoms with Gasteiger partial charge < -0.3 is 4.42 Å². The van der Waals surface area contributed by atoms with Crippen LogP contribution in [0.25, 0.3) is 11.0 Å². The second-order valence-corrected chi connectivity index (χ2v) is 9.05. The van der Waals surface area contributed by atoms with Crippen LogP contribution >= 0.6 is 15.9 Å². The largest absolute Gasteiger partial charge is 0.422 e. The lowest BCUT2D eigenvalue weighted by Crippen LogP contribution is -2.16. The number of rotatable bonds is 5. The molecule has 0 atom stereocenters. The van der Waals surface area contributed by atoms with Crippen molar-refractivity contribution in [3.05, 3.63) is 105 Å². The van der Waals surface area contributed by atoms with E-state index >= 15 is 0 Å². The van der Waals surface area contributed by atoms with E-state index in [-0.39, 0.29) is 21.7 Å². The third-order valence-electron chi connectivity index (χ3n) is 4.39. The van der Waals surface area contributed by atoms with E-state index in [0.29, 0.717) is 11.0 Å². The molecule has 0 aliphatic carbocycles. The summed E-state index contributed by atoms with van der Waals surface area (Å²) < 4.78 is 33.6. The van der Waals surface area contributed by atoms with Gasteiger partial charge in [-0.15, -0.1) is 0 Å². The Bertz CT molecular complexity index is 1430. The molecule has 0 aliphatic rings. The molecule has 30 heavy (non-hydrogen) atoms. The first-order valence-electron chi connectivity index (χ1n) is 8.79. The van der Waals surface area contributed by atoms with Gasteiger partial charge in [0.05, 0.1) is 4.90 Å². The number of ketones is 1. The second-order valence-electron chi connectivity index (χ2n) is 6.45. The van der Waals surface area contributed by atoms with Gasteiger partial charge in [0.25, 0.3) is 10.0 Å². The van der Waals surface area contributed by atoms with E-state index in [4.69, 9.17) is 4.42 Å². The molecule has 0 bridgehead atoms. The molecule has 0 saturated heterocycles. The van der Waals surface area contributed by atoms with Crippen molar-refractivity contribution in [1.82, 2.24) is 0 Å². The zero-order valence-corrected chi connectivity index (χ0v) is 17.7. The maximum Gasteiger partial charge on any atom is 0.347 e. The van der Waals surface area contributed by atoms with Crippen LogP contribution in [-0.2, 0) is 10.0 Å². The Labute approximate surface area is 180 Å². The Morgan fingerprint density at radius 3 is 2.40 bits per heavy atom. The van der Waals surface area contributed by atoms with Crippen LogP contribution in [-0.4, -0.2) is 14.2 Å². The van der Waals surface area contributed by atoms with Gasteiger partial charge in [0.1, 0.15) is 11.1 Å². The number of benzene rings is 3. The highest BCUT2D eigenvalue weighted by atomic mass is 79.9. The molecule has 0 saturated carbocycles. The molecule has 1 N–H and O–H groups in total. The molecule has 1 aromatic heterocycles. The van der Waals surface area contributed by atoms with Gasteiger partial charge in [-0.2, -0.15) is 0 Å². The fourth-order valence-electron chi connectivity index (χ4n) is 2.93. The third-order valence-corrected chi connectivity index (χ3v) is 6.31. The summed E-state index contributed by atoms with van der Waals surface area (Å²) in [6, 6.07) is 20.5. The minimum absolute atomic E-state index is 0.0811. The van der Waals surface area contributed by atoms with Crippen molar-refractivity contribution in [1.29, 1.82) is 0 Å². The van der Waals surface area contributed by atoms with Crippen LogP contribution in [0.2, 0.25) is 0 Å². The fraction of sp³-hybridized carbons (Fsp3) is 0. The summed E-state index contributed by atoms with van der Waals surface area (Å²) in [6.07, 6.45) is 0. The highest BCUT2D eigenvalue weighted by Gasteiger charge is 2.18. The average molecular weight is 484 g/mol. The van der Waals surface area contributed by atoms with Crippen molar-refractivity contribution < 1.29 is 17.6 Å². The monoisotopic (exact) mass is 483 g/mol. The molecule has 0 amide bonds. The molecule has 0 spiro atoms. The zero-order chi connectivity index (χ0) is 21.3. The number of hydrogen-bond acceptors (Lipinski definition) is 5. The molecule has 0 fully saturated rings. The van der Waals surface area contributed by atoms with E-state index in [1.54, 1.807) is 36.4 Å². The molecule has 0 unspecified atom stereocenters. The first-order valence-corrected chi connectivity index (χ1v) is 11.1. The van der Waals surface area contributed by atoms with Crippen LogP contribution in [0, 0.1) is 0 Å². The zero-order valence-electron chi connectivity index (χ0n) is 15.3. The number of anilines is 1. The first-order chi connectivity index (χ1) is 14.3. The van der Waals surface area contributed by atoms with Gasteiger partial charge in [-0.25, -0.2) is 13.2 Å². The molecule has 0 radical (unpaired) electrons. The molecule has 150 valence electrons. The SMILES string of the molecule is O=C(c1cccc(NS(=O)(=O)c2ccc(Br)cc2)c1)c1cc2ccccc2oc1=O. The number of para-hydroxylation sites is 1. The van der Waals surface area contributed by atoms with Gasteiger partial charge in [0.15, 0.2) is 5.78 Å². The van der Waals surface area contributed by atoms with Crippen LogP contribution in [0.5, 0.6) is 0 Å². The van der Waals surface area contributed by atoms with Gasteiger partial charge in [-0.3, -0.25) is 9.52 Å². The van der Waals surface area contributed by atoms with E-state index < -0.39 is 21.4 Å². The van der Waals surface area contributed by atoms with Crippen molar-refractivity contribution in [2.24, 2.45) is 0 Å². The Morgan fingerprint density at radius 1 is 0.900 bits per heavy atom. The Balaban J connectivity index is 1.66. The fourth-order valence-corrected chi connectivity index (χ4v) is 4.24. The Kier molecular flexibility index (Phi) is 5.27. The first kappa shape index (κ1) is 20.1. The minimum atomic E-state index is -3.84. The van der Waals surface area contributed by atoms with Crippen LogP contribution in [0.4, 0.5) is 5.69 Å². The predicted molar refractivity (Wildman–Crippen MR) is 117 cm³/mol. The maximum absolute atomic E-state index is 12.9. The van der Waals surface area contributed by atoms with E-state index in [1.165, 1.54) is 42.5 Å². The number of carbonyl (C=O) groups excluding carboxylic acids is 1. The van der Waals surface area contributed by atoms with Gasteiger partial charge in [-0.1, -0.05) is 46.3 Å². The summed E-state index contributed by atoms with van der Waals surface area (Å²) in [6.45, 7) is 0. The Morgan fingerprint density at radius 2 is 1.63 bits per heavy atom. The summed E-state index contributed by atoms with van der Waals surface area (Å²) in [5.74, 6) is -0.556. The van der Waals surface area contributed by atoms with Crippen LogP contribution in [0.15, 0.2) is 97.4 Å². The third kappa shape index (κ3) is 4.05. The lowest BCUT2D eigenvalue weighted by molar-refractivity contribution is 0.103. The van der Waals surface area contributed by atoms with Gasteiger partial charge in [0.2, 0.25) is 0 Å². The van der Waals surface area contributed by atoms with Crippen molar-refractivity contribution in [3.8, 4) is 0 Å². The van der Waals surface area contributed by atoms with Crippen molar-refractivity contribution in [2.45, 2.75) is 4.90 Å². The molecule has 1 heterocycles. The lowest BCUT2D eigenvalue weighted by atomic mass is 10.0. The number of hydrogen-bond donors (Lipinski definition) is 1. The number of halogens is 1. The van der Waals surface area contributed by atoms with E-state index in [1.807, 2.05) is 0 Å². The molecule has 8 heteroatoms. The van der Waals surface area contributed by atoms with E-state index in [2.05, 4.69) is 20.7 Å². The molecule has 4 rings (SSSR count). The second kappa shape index (κ2) is 7.89. The number of carbonyl (C=O) groups is 1. The topological polar surface area (TPSA) is 93.4 Å². The normalized spacial score (nSPS) is 11.4. The minimum Gasteiger partial charge on any atom is -0.422 e. The summed E-state index contributed by atoms with van der Waals surface area (Å²) in [5, 5.41) is 0.618. The quantitative estimate of drug-likeness (QED) is 0.331. The molecule has 6 nitrogen and oxygen atoms in total.